The van der Waals surface area contributed by atoms with Crippen LogP contribution in [0.5, 0.6) is 0 Å². The first-order valence-corrected chi connectivity index (χ1v) is 12.1. The summed E-state index contributed by atoms with van der Waals surface area (Å²) in [4.78, 5) is 12.2. The molecule has 0 radical (unpaired) electrons. The third-order valence-corrected chi connectivity index (χ3v) is 6.66. The Morgan fingerprint density at radius 3 is 2.34 bits per heavy atom. The van der Waals surface area contributed by atoms with E-state index in [1.807, 2.05) is 12.1 Å². The minimum absolute atomic E-state index is 0.523. The number of aromatic nitrogens is 3. The number of nitrogens with zero attached hydrogens (tertiary/aromatic N) is 4. The lowest BCUT2D eigenvalue weighted by Gasteiger charge is -2.15. The number of likely N-dealkylation sites (tertiary alicyclic amines) is 1. The molecule has 1 aliphatic rings. The molecule has 0 saturated carbocycles. The normalized spacial score (nSPS) is 14.7. The maximum atomic E-state index is 6.36. The number of pyridine rings is 1. The molecule has 1 fully saturated rings. The molecule has 2 aromatic heterocycles. The zero-order valence-corrected chi connectivity index (χ0v) is 19.1. The Bertz CT molecular complexity index is 1200. The second kappa shape index (κ2) is 9.29. The number of hydrogen-bond donors (Lipinski definition) is 1. The molecule has 0 amide bonds. The molecule has 3 heterocycles. The maximum absolute atomic E-state index is 6.36. The topological polar surface area (TPSA) is 60.0 Å². The van der Waals surface area contributed by atoms with Gasteiger partial charge in [0, 0.05) is 24.9 Å². The fourth-order valence-corrected chi connectivity index (χ4v) is 4.93. The summed E-state index contributed by atoms with van der Waals surface area (Å²) in [7, 11) is 0. The molecule has 0 aliphatic carbocycles. The summed E-state index contributed by atoms with van der Waals surface area (Å²) in [5.74, 6) is 1.63. The third kappa shape index (κ3) is 4.22. The number of nitrogens with two attached hydrogens (primary N) is 1. The summed E-state index contributed by atoms with van der Waals surface area (Å²) in [6.45, 7) is 6.56. The van der Waals surface area contributed by atoms with Gasteiger partial charge in [0.1, 0.15) is 11.3 Å². The molecule has 5 nitrogen and oxygen atoms in total. The molecule has 5 rings (SSSR count). The summed E-state index contributed by atoms with van der Waals surface area (Å²) in [5.41, 5.74) is 11.9. The minimum Gasteiger partial charge on any atom is -0.382 e. The smallest absolute Gasteiger partial charge is 0.152 e. The lowest BCUT2D eigenvalue weighted by atomic mass is 10.1. The number of anilines is 1. The van der Waals surface area contributed by atoms with Crippen LogP contribution in [0.1, 0.15) is 56.0 Å². The van der Waals surface area contributed by atoms with Gasteiger partial charge in [0.2, 0.25) is 0 Å². The number of unbranched alkanes of at least 4 members (excludes halogenated alkanes) is 2. The number of benzene rings is 2. The first-order valence-electron chi connectivity index (χ1n) is 12.1. The Kier molecular flexibility index (Phi) is 6.08. The van der Waals surface area contributed by atoms with Crippen molar-refractivity contribution in [2.45, 2.75) is 58.5 Å². The number of imidazole rings is 1. The first kappa shape index (κ1) is 21.0. The zero-order chi connectivity index (χ0) is 21.9. The molecule has 0 atom stereocenters. The van der Waals surface area contributed by atoms with Gasteiger partial charge in [-0.2, -0.15) is 0 Å². The van der Waals surface area contributed by atoms with Crippen molar-refractivity contribution < 1.29 is 0 Å². The number of nitrogen functional groups attached to an aromatic ring is 1. The molecule has 5 heteroatoms. The van der Waals surface area contributed by atoms with Crippen LogP contribution in [-0.2, 0) is 19.5 Å². The van der Waals surface area contributed by atoms with E-state index in [2.05, 4.69) is 57.8 Å². The highest BCUT2D eigenvalue weighted by Gasteiger charge is 2.17. The quantitative estimate of drug-likeness (QED) is 0.375. The number of fused-ring (bicyclic) bond motifs is 3. The van der Waals surface area contributed by atoms with Crippen LogP contribution in [0.3, 0.4) is 0 Å². The van der Waals surface area contributed by atoms with Crippen molar-refractivity contribution >= 4 is 27.8 Å². The highest BCUT2D eigenvalue weighted by molar-refractivity contribution is 6.06. The Balaban J connectivity index is 1.51. The monoisotopic (exact) mass is 427 g/mol. The number of rotatable bonds is 8. The van der Waals surface area contributed by atoms with E-state index in [4.69, 9.17) is 10.7 Å². The summed E-state index contributed by atoms with van der Waals surface area (Å²) in [6.07, 6.45) is 7.18. The van der Waals surface area contributed by atoms with Crippen LogP contribution >= 0.6 is 0 Å². The highest BCUT2D eigenvalue weighted by atomic mass is 15.1. The summed E-state index contributed by atoms with van der Waals surface area (Å²) in [6, 6.07) is 17.4. The van der Waals surface area contributed by atoms with Gasteiger partial charge < -0.3 is 10.3 Å². The van der Waals surface area contributed by atoms with Gasteiger partial charge in [0.15, 0.2) is 5.82 Å². The van der Waals surface area contributed by atoms with Crippen LogP contribution in [0, 0.1) is 0 Å². The van der Waals surface area contributed by atoms with Crippen LogP contribution in [0.15, 0.2) is 48.5 Å². The van der Waals surface area contributed by atoms with Gasteiger partial charge in [0.05, 0.1) is 11.0 Å². The van der Waals surface area contributed by atoms with Crippen LogP contribution in [0.4, 0.5) is 5.82 Å². The average molecular weight is 428 g/mol. The first-order chi connectivity index (χ1) is 15.7. The van der Waals surface area contributed by atoms with Crippen molar-refractivity contribution in [1.29, 1.82) is 0 Å². The van der Waals surface area contributed by atoms with Crippen molar-refractivity contribution in [2.24, 2.45) is 0 Å². The van der Waals surface area contributed by atoms with Crippen molar-refractivity contribution in [3.8, 4) is 0 Å². The van der Waals surface area contributed by atoms with E-state index in [1.54, 1.807) is 0 Å². The zero-order valence-electron chi connectivity index (χ0n) is 19.1. The Labute approximate surface area is 190 Å². The standard InChI is InChI=1S/C27H33N5/c1-2-3-4-11-24-30-25-26(22-9-5-6-10-23(22)29-27(25)28)32(24)19-21-14-12-20(13-15-21)18-31-16-7-8-17-31/h5-6,9-10,12-15H,2-4,7-8,11,16-19H2,1H3,(H2,28,29). The predicted octanol–water partition coefficient (Wildman–Crippen LogP) is 5.54. The van der Waals surface area contributed by atoms with Gasteiger partial charge in [-0.1, -0.05) is 62.2 Å². The number of aryl methyl sites for hydroxylation is 1. The summed E-state index contributed by atoms with van der Waals surface area (Å²) < 4.78 is 2.38. The number of hydrogen-bond acceptors (Lipinski definition) is 4. The minimum atomic E-state index is 0.523. The van der Waals surface area contributed by atoms with E-state index in [9.17, 15) is 0 Å². The van der Waals surface area contributed by atoms with E-state index in [1.165, 1.54) is 49.9 Å². The fourth-order valence-electron chi connectivity index (χ4n) is 4.93. The fraction of sp³-hybridized carbons (Fsp3) is 0.407. The molecule has 32 heavy (non-hydrogen) atoms. The van der Waals surface area contributed by atoms with Crippen LogP contribution < -0.4 is 5.73 Å². The van der Waals surface area contributed by atoms with Crippen molar-refractivity contribution in [3.05, 3.63) is 65.5 Å². The van der Waals surface area contributed by atoms with E-state index >= 15 is 0 Å². The van der Waals surface area contributed by atoms with E-state index in [-0.39, 0.29) is 0 Å². The Morgan fingerprint density at radius 1 is 0.875 bits per heavy atom. The van der Waals surface area contributed by atoms with Crippen LogP contribution in [0.2, 0.25) is 0 Å². The summed E-state index contributed by atoms with van der Waals surface area (Å²) >= 11 is 0. The molecule has 0 unspecified atom stereocenters. The van der Waals surface area contributed by atoms with Crippen molar-refractivity contribution in [3.63, 3.8) is 0 Å². The molecule has 4 aromatic rings. The van der Waals surface area contributed by atoms with E-state index < -0.39 is 0 Å². The van der Waals surface area contributed by atoms with Gasteiger partial charge in [-0.3, -0.25) is 4.90 Å². The van der Waals surface area contributed by atoms with Crippen LogP contribution in [0.25, 0.3) is 21.9 Å². The van der Waals surface area contributed by atoms with E-state index in [0.717, 1.165) is 53.7 Å². The van der Waals surface area contributed by atoms with Gasteiger partial charge in [-0.05, 0) is 49.5 Å². The maximum Gasteiger partial charge on any atom is 0.152 e. The van der Waals surface area contributed by atoms with Gasteiger partial charge in [-0.15, -0.1) is 0 Å². The highest BCUT2D eigenvalue weighted by Crippen LogP contribution is 2.30. The number of para-hydroxylation sites is 1. The van der Waals surface area contributed by atoms with Crippen molar-refractivity contribution in [1.82, 2.24) is 19.4 Å². The SMILES string of the molecule is CCCCCc1nc2c(N)nc3ccccc3c2n1Cc1ccc(CN2CCCC2)cc1. The average Bonchev–Trinajstić information content (AvgIpc) is 3.44. The molecular formula is C27H33N5. The summed E-state index contributed by atoms with van der Waals surface area (Å²) in [5, 5.41) is 1.12. The van der Waals surface area contributed by atoms with Gasteiger partial charge >= 0.3 is 0 Å². The van der Waals surface area contributed by atoms with Crippen molar-refractivity contribution in [2.75, 3.05) is 18.8 Å². The third-order valence-electron chi connectivity index (χ3n) is 6.66. The lowest BCUT2D eigenvalue weighted by molar-refractivity contribution is 0.331. The molecule has 0 bridgehead atoms. The lowest BCUT2D eigenvalue weighted by Crippen LogP contribution is -2.18. The molecule has 1 saturated heterocycles. The molecule has 166 valence electrons. The van der Waals surface area contributed by atoms with E-state index in [0.29, 0.717) is 5.82 Å². The van der Waals surface area contributed by atoms with Crippen LogP contribution in [-0.4, -0.2) is 32.5 Å². The van der Waals surface area contributed by atoms with Gasteiger partial charge in [0.25, 0.3) is 0 Å². The molecule has 1 aliphatic heterocycles. The molecule has 2 aromatic carbocycles. The Hall–Kier alpha value is -2.92. The Morgan fingerprint density at radius 2 is 1.59 bits per heavy atom. The second-order valence-electron chi connectivity index (χ2n) is 9.08. The van der Waals surface area contributed by atoms with Gasteiger partial charge in [-0.25, -0.2) is 9.97 Å². The predicted molar refractivity (Wildman–Crippen MR) is 133 cm³/mol. The molecule has 0 spiro atoms. The second-order valence-corrected chi connectivity index (χ2v) is 9.08. The molecule has 2 N–H and O–H groups in total. The largest absolute Gasteiger partial charge is 0.382 e. The molecular weight excluding hydrogens is 394 g/mol.